The maximum absolute atomic E-state index is 8.54. The van der Waals surface area contributed by atoms with Crippen molar-refractivity contribution in [2.24, 2.45) is 0 Å². The molecule has 0 radical (unpaired) electrons. The minimum Gasteiger partial charge on any atom is -0.490 e. The number of benzene rings is 1. The molecule has 0 saturated heterocycles. The van der Waals surface area contributed by atoms with Gasteiger partial charge in [0, 0.05) is 6.54 Å². The van der Waals surface area contributed by atoms with E-state index in [1.807, 2.05) is 24.3 Å². The largest absolute Gasteiger partial charge is 0.490 e. The first-order chi connectivity index (χ1) is 6.92. The number of ether oxygens (including phenoxy) is 1. The molecule has 0 bridgehead atoms. The summed E-state index contributed by atoms with van der Waals surface area (Å²) in [4.78, 5) is 2.20. The second-order valence-corrected chi connectivity index (χ2v) is 3.21. The van der Waals surface area contributed by atoms with E-state index in [-0.39, 0.29) is 0 Å². The lowest BCUT2D eigenvalue weighted by Crippen LogP contribution is -2.33. The molecule has 2 rings (SSSR count). The van der Waals surface area contributed by atoms with Crippen LogP contribution < -0.4 is 9.64 Å². The van der Waals surface area contributed by atoms with Crippen LogP contribution in [0.25, 0.3) is 0 Å². The lowest BCUT2D eigenvalue weighted by Gasteiger charge is -2.30. The Labute approximate surface area is 83.5 Å². The van der Waals surface area contributed by atoms with E-state index in [4.69, 9.17) is 10.00 Å². The second-order valence-electron chi connectivity index (χ2n) is 3.21. The van der Waals surface area contributed by atoms with Gasteiger partial charge in [0.1, 0.15) is 12.4 Å². The molecular weight excluding hydrogens is 176 g/mol. The topological polar surface area (TPSA) is 36.3 Å². The summed E-state index contributed by atoms with van der Waals surface area (Å²) in [6.45, 7) is 2.37. The molecule has 0 amide bonds. The summed E-state index contributed by atoms with van der Waals surface area (Å²) in [7, 11) is 0. The summed E-state index contributed by atoms with van der Waals surface area (Å²) in [5.41, 5.74) is 1.11. The third kappa shape index (κ3) is 1.64. The normalized spacial score (nSPS) is 14.1. The Balaban J connectivity index is 2.18. The first-order valence-electron chi connectivity index (χ1n) is 4.75. The molecule has 0 aromatic heterocycles. The van der Waals surface area contributed by atoms with E-state index >= 15 is 0 Å². The minimum absolute atomic E-state index is 0.564. The fraction of sp³-hybridized carbons (Fsp3) is 0.364. The molecule has 0 saturated carbocycles. The predicted molar refractivity (Wildman–Crippen MR) is 54.4 cm³/mol. The maximum atomic E-state index is 8.54. The molecule has 1 aliphatic rings. The molecule has 0 fully saturated rings. The Kier molecular flexibility index (Phi) is 2.55. The maximum Gasteiger partial charge on any atom is 0.142 e. The number of nitrogens with zero attached hydrogens (tertiary/aromatic N) is 2. The highest BCUT2D eigenvalue weighted by Gasteiger charge is 2.16. The Morgan fingerprint density at radius 3 is 3.14 bits per heavy atom. The van der Waals surface area contributed by atoms with Crippen molar-refractivity contribution in [2.75, 3.05) is 24.6 Å². The van der Waals surface area contributed by atoms with Gasteiger partial charge >= 0.3 is 0 Å². The van der Waals surface area contributed by atoms with E-state index < -0.39 is 0 Å². The van der Waals surface area contributed by atoms with Gasteiger partial charge in [0.25, 0.3) is 0 Å². The quantitative estimate of drug-likeness (QED) is 0.710. The van der Waals surface area contributed by atoms with E-state index in [9.17, 15) is 0 Å². The van der Waals surface area contributed by atoms with Crippen LogP contribution in [0.5, 0.6) is 5.75 Å². The Morgan fingerprint density at radius 1 is 1.43 bits per heavy atom. The SMILES string of the molecule is N#CCCN1CCOc2ccccc21. The number of para-hydroxylation sites is 2. The smallest absolute Gasteiger partial charge is 0.142 e. The summed E-state index contributed by atoms with van der Waals surface area (Å²) >= 11 is 0. The lowest BCUT2D eigenvalue weighted by atomic mass is 10.2. The van der Waals surface area contributed by atoms with Crippen molar-refractivity contribution in [3.05, 3.63) is 24.3 Å². The van der Waals surface area contributed by atoms with E-state index in [2.05, 4.69) is 11.0 Å². The highest BCUT2D eigenvalue weighted by Crippen LogP contribution is 2.30. The van der Waals surface area contributed by atoms with Crippen LogP contribution in [0, 0.1) is 11.3 Å². The van der Waals surface area contributed by atoms with Gasteiger partial charge in [0.15, 0.2) is 0 Å². The van der Waals surface area contributed by atoms with Gasteiger partial charge in [-0.1, -0.05) is 12.1 Å². The van der Waals surface area contributed by atoms with Crippen molar-refractivity contribution < 1.29 is 4.74 Å². The van der Waals surface area contributed by atoms with Crippen LogP contribution >= 0.6 is 0 Å². The number of fused-ring (bicyclic) bond motifs is 1. The molecule has 3 heteroatoms. The first-order valence-corrected chi connectivity index (χ1v) is 4.75. The van der Waals surface area contributed by atoms with Gasteiger partial charge in [-0.2, -0.15) is 5.26 Å². The van der Waals surface area contributed by atoms with Crippen molar-refractivity contribution in [3.63, 3.8) is 0 Å². The van der Waals surface area contributed by atoms with Gasteiger partial charge in [0.2, 0.25) is 0 Å². The first kappa shape index (κ1) is 8.89. The zero-order valence-electron chi connectivity index (χ0n) is 7.94. The summed E-state index contributed by atoms with van der Waals surface area (Å²) < 4.78 is 5.51. The summed E-state index contributed by atoms with van der Waals surface area (Å²) in [6.07, 6.45) is 0.564. The minimum atomic E-state index is 0.564. The molecule has 0 atom stereocenters. The molecule has 1 aromatic carbocycles. The van der Waals surface area contributed by atoms with E-state index in [1.54, 1.807) is 0 Å². The van der Waals surface area contributed by atoms with Gasteiger partial charge in [-0.25, -0.2) is 0 Å². The number of nitriles is 1. The fourth-order valence-corrected chi connectivity index (χ4v) is 1.64. The Hall–Kier alpha value is -1.69. The highest BCUT2D eigenvalue weighted by molar-refractivity contribution is 5.59. The van der Waals surface area contributed by atoms with Crippen molar-refractivity contribution in [1.29, 1.82) is 5.26 Å². The molecule has 0 unspecified atom stereocenters. The highest BCUT2D eigenvalue weighted by atomic mass is 16.5. The Bertz CT molecular complexity index is 357. The summed E-state index contributed by atoms with van der Waals surface area (Å²) in [6, 6.07) is 10.1. The van der Waals surface area contributed by atoms with Crippen molar-refractivity contribution in [1.82, 2.24) is 0 Å². The molecule has 0 N–H and O–H groups in total. The standard InChI is InChI=1S/C11H12N2O/c12-6-3-7-13-8-9-14-11-5-2-1-4-10(11)13/h1-2,4-5H,3,7-9H2. The third-order valence-corrected chi connectivity index (χ3v) is 2.32. The van der Waals surface area contributed by atoms with Crippen LogP contribution in [0.4, 0.5) is 5.69 Å². The molecular formula is C11H12N2O. The van der Waals surface area contributed by atoms with Crippen molar-refractivity contribution in [3.8, 4) is 11.8 Å². The monoisotopic (exact) mass is 188 g/mol. The van der Waals surface area contributed by atoms with Gasteiger partial charge in [-0.15, -0.1) is 0 Å². The third-order valence-electron chi connectivity index (χ3n) is 2.32. The molecule has 3 nitrogen and oxygen atoms in total. The molecule has 0 aliphatic carbocycles. The summed E-state index contributed by atoms with van der Waals surface area (Å²) in [5.74, 6) is 0.927. The molecule has 0 spiro atoms. The molecule has 14 heavy (non-hydrogen) atoms. The van der Waals surface area contributed by atoms with Crippen molar-refractivity contribution >= 4 is 5.69 Å². The summed E-state index contributed by atoms with van der Waals surface area (Å²) in [5, 5.41) is 8.54. The van der Waals surface area contributed by atoms with E-state index in [1.165, 1.54) is 0 Å². The lowest BCUT2D eigenvalue weighted by molar-refractivity contribution is 0.308. The zero-order chi connectivity index (χ0) is 9.80. The molecule has 1 aliphatic heterocycles. The van der Waals surface area contributed by atoms with Gasteiger partial charge in [0.05, 0.1) is 24.7 Å². The van der Waals surface area contributed by atoms with E-state index in [0.717, 1.165) is 24.5 Å². The second kappa shape index (κ2) is 4.01. The molecule has 1 heterocycles. The Morgan fingerprint density at radius 2 is 2.29 bits per heavy atom. The van der Waals surface area contributed by atoms with Crippen LogP contribution in [-0.4, -0.2) is 19.7 Å². The number of anilines is 1. The number of hydrogen-bond acceptors (Lipinski definition) is 3. The number of rotatable bonds is 2. The average molecular weight is 188 g/mol. The van der Waals surface area contributed by atoms with Crippen LogP contribution in [0.2, 0.25) is 0 Å². The van der Waals surface area contributed by atoms with Crippen LogP contribution in [0.15, 0.2) is 24.3 Å². The van der Waals surface area contributed by atoms with Crippen LogP contribution in [0.3, 0.4) is 0 Å². The fourth-order valence-electron chi connectivity index (χ4n) is 1.64. The van der Waals surface area contributed by atoms with Gasteiger partial charge in [-0.05, 0) is 12.1 Å². The molecule has 1 aromatic rings. The predicted octanol–water partition coefficient (Wildman–Crippen LogP) is 1.80. The van der Waals surface area contributed by atoms with Crippen LogP contribution in [0.1, 0.15) is 6.42 Å². The molecule has 72 valence electrons. The average Bonchev–Trinajstić information content (AvgIpc) is 2.26. The van der Waals surface area contributed by atoms with Crippen LogP contribution in [-0.2, 0) is 0 Å². The van der Waals surface area contributed by atoms with E-state index in [0.29, 0.717) is 13.0 Å². The zero-order valence-corrected chi connectivity index (χ0v) is 7.94. The van der Waals surface area contributed by atoms with Gasteiger partial charge in [-0.3, -0.25) is 0 Å². The van der Waals surface area contributed by atoms with Crippen molar-refractivity contribution in [2.45, 2.75) is 6.42 Å². The number of hydrogen-bond donors (Lipinski definition) is 0. The van der Waals surface area contributed by atoms with Gasteiger partial charge < -0.3 is 9.64 Å².